The van der Waals surface area contributed by atoms with Crippen LogP contribution in [0, 0.1) is 17.8 Å². The first kappa shape index (κ1) is 25.5. The summed E-state index contributed by atoms with van der Waals surface area (Å²) >= 11 is 0. The molecule has 2 saturated carbocycles. The van der Waals surface area contributed by atoms with Crippen LogP contribution in [-0.2, 0) is 4.74 Å². The molecule has 2 aromatic rings. The lowest BCUT2D eigenvalue weighted by Crippen LogP contribution is -2.48. The number of piperidine rings is 1. The summed E-state index contributed by atoms with van der Waals surface area (Å²) in [5.41, 5.74) is 7.66. The van der Waals surface area contributed by atoms with E-state index >= 15 is 0 Å². The van der Waals surface area contributed by atoms with Crippen LogP contribution in [0.1, 0.15) is 82.3 Å². The van der Waals surface area contributed by atoms with E-state index in [1.54, 1.807) is 0 Å². The number of anilines is 2. The second-order valence-corrected chi connectivity index (χ2v) is 11.5. The normalized spacial score (nSPS) is 23.0. The predicted octanol–water partition coefficient (Wildman–Crippen LogP) is 4.77. The highest BCUT2D eigenvalue weighted by Gasteiger charge is 2.35. The van der Waals surface area contributed by atoms with Crippen LogP contribution >= 0.6 is 0 Å². The van der Waals surface area contributed by atoms with Gasteiger partial charge < -0.3 is 20.7 Å². The Balaban J connectivity index is 1.28. The third-order valence-corrected chi connectivity index (χ3v) is 8.71. The van der Waals surface area contributed by atoms with Crippen molar-refractivity contribution in [3.05, 3.63) is 56.3 Å². The summed E-state index contributed by atoms with van der Waals surface area (Å²) < 4.78 is 6.51. The van der Waals surface area contributed by atoms with Gasteiger partial charge in [0.25, 0.3) is 10.9 Å². The number of nitrogens with two attached hydrogens (primary N) is 1. The van der Waals surface area contributed by atoms with Crippen molar-refractivity contribution in [3.63, 3.8) is 0 Å². The SMILES string of the molecule is NCC(CC1CCCCC1)Nc1c(N2CCCC([C@@H](OCCC3CC3)c3ccccc3)C2)c(=O)c1=O. The zero-order valence-corrected chi connectivity index (χ0v) is 21.6. The van der Waals surface area contributed by atoms with E-state index in [4.69, 9.17) is 10.5 Å². The summed E-state index contributed by atoms with van der Waals surface area (Å²) in [4.78, 5) is 27.6. The highest BCUT2D eigenvalue weighted by molar-refractivity contribution is 5.75. The summed E-state index contributed by atoms with van der Waals surface area (Å²) in [6.45, 7) is 2.79. The minimum absolute atomic E-state index is 0.0127. The molecule has 0 amide bonds. The van der Waals surface area contributed by atoms with Gasteiger partial charge in [-0.1, -0.05) is 75.3 Å². The van der Waals surface area contributed by atoms with Crippen LogP contribution in [0.4, 0.5) is 11.4 Å². The van der Waals surface area contributed by atoms with Crippen molar-refractivity contribution in [2.75, 3.05) is 36.5 Å². The minimum atomic E-state index is -0.380. The zero-order valence-electron chi connectivity index (χ0n) is 21.6. The topological polar surface area (TPSA) is 84.7 Å². The van der Waals surface area contributed by atoms with Gasteiger partial charge in [-0.2, -0.15) is 0 Å². The standard InChI is InChI=1S/C30H43N3O3/c31-19-25(18-22-8-3-1-4-9-22)32-26-27(29(35)28(26)34)33-16-7-12-24(20-33)30(23-10-5-2-6-11-23)36-17-15-21-13-14-21/h2,5-6,10-11,21-22,24-25,30,32H,1,3-4,7-9,12-20,31H2/t24?,25?,30-/m0/s1. The lowest BCUT2D eigenvalue weighted by Gasteiger charge is -2.39. The van der Waals surface area contributed by atoms with E-state index in [1.807, 2.05) is 6.07 Å². The maximum absolute atomic E-state index is 12.8. The van der Waals surface area contributed by atoms with Crippen LogP contribution in [0.3, 0.4) is 0 Å². The van der Waals surface area contributed by atoms with Gasteiger partial charge in [0, 0.05) is 38.2 Å². The lowest BCUT2D eigenvalue weighted by atomic mass is 9.84. The molecular weight excluding hydrogens is 450 g/mol. The van der Waals surface area contributed by atoms with Crippen molar-refractivity contribution >= 4 is 11.4 Å². The molecule has 5 rings (SSSR count). The Morgan fingerprint density at radius 2 is 1.72 bits per heavy atom. The van der Waals surface area contributed by atoms with E-state index in [0.717, 1.165) is 51.3 Å². The van der Waals surface area contributed by atoms with Crippen LogP contribution in [0.5, 0.6) is 0 Å². The molecule has 6 nitrogen and oxygen atoms in total. The lowest BCUT2D eigenvalue weighted by molar-refractivity contribution is 0.00303. The second-order valence-electron chi connectivity index (χ2n) is 11.5. The van der Waals surface area contributed by atoms with Crippen LogP contribution in [-0.4, -0.2) is 32.3 Å². The van der Waals surface area contributed by atoms with E-state index in [1.165, 1.54) is 50.5 Å². The molecule has 0 bridgehead atoms. The Morgan fingerprint density at radius 3 is 2.44 bits per heavy atom. The highest BCUT2D eigenvalue weighted by Crippen LogP contribution is 2.38. The van der Waals surface area contributed by atoms with Crippen LogP contribution in [0.15, 0.2) is 39.9 Å². The van der Waals surface area contributed by atoms with E-state index < -0.39 is 0 Å². The van der Waals surface area contributed by atoms with Crippen LogP contribution in [0.25, 0.3) is 0 Å². The molecule has 1 heterocycles. The van der Waals surface area contributed by atoms with Crippen molar-refractivity contribution in [2.45, 2.75) is 82.8 Å². The quantitative estimate of drug-likeness (QED) is 0.415. The molecular formula is C30H43N3O3. The molecule has 2 unspecified atom stereocenters. The van der Waals surface area contributed by atoms with E-state index in [-0.39, 0.29) is 28.9 Å². The molecule has 3 N–H and O–H groups in total. The van der Waals surface area contributed by atoms with Gasteiger partial charge in [-0.3, -0.25) is 9.59 Å². The number of nitrogens with one attached hydrogen (secondary N) is 1. The third kappa shape index (κ3) is 6.03. The Bertz CT molecular complexity index is 1040. The average molecular weight is 494 g/mol. The number of nitrogens with zero attached hydrogens (tertiary/aromatic N) is 1. The summed E-state index contributed by atoms with van der Waals surface area (Å²) in [7, 11) is 0. The molecule has 2 aliphatic carbocycles. The van der Waals surface area contributed by atoms with Gasteiger partial charge >= 0.3 is 0 Å². The largest absolute Gasteiger partial charge is 0.376 e. The van der Waals surface area contributed by atoms with Crippen molar-refractivity contribution < 1.29 is 4.74 Å². The Labute approximate surface area is 215 Å². The molecule has 36 heavy (non-hydrogen) atoms. The van der Waals surface area contributed by atoms with Gasteiger partial charge in [0.2, 0.25) is 0 Å². The summed E-state index contributed by atoms with van der Waals surface area (Å²) in [6, 6.07) is 10.5. The van der Waals surface area contributed by atoms with E-state index in [2.05, 4.69) is 34.5 Å². The van der Waals surface area contributed by atoms with Gasteiger partial charge in [-0.25, -0.2) is 0 Å². The third-order valence-electron chi connectivity index (χ3n) is 8.71. The molecule has 3 aliphatic rings. The van der Waals surface area contributed by atoms with E-state index in [0.29, 0.717) is 23.8 Å². The van der Waals surface area contributed by atoms with Gasteiger partial charge in [0.15, 0.2) is 0 Å². The first-order valence-electron chi connectivity index (χ1n) is 14.4. The fourth-order valence-corrected chi connectivity index (χ4v) is 6.43. The van der Waals surface area contributed by atoms with Gasteiger partial charge in [-0.05, 0) is 43.1 Å². The Morgan fingerprint density at radius 1 is 0.944 bits per heavy atom. The van der Waals surface area contributed by atoms with Crippen LogP contribution in [0.2, 0.25) is 0 Å². The molecule has 2 aromatic carbocycles. The van der Waals surface area contributed by atoms with Crippen molar-refractivity contribution in [2.24, 2.45) is 23.5 Å². The second kappa shape index (κ2) is 11.9. The van der Waals surface area contributed by atoms with Crippen molar-refractivity contribution in [3.8, 4) is 0 Å². The molecule has 0 aromatic heterocycles. The predicted molar refractivity (Wildman–Crippen MR) is 146 cm³/mol. The minimum Gasteiger partial charge on any atom is -0.376 e. The van der Waals surface area contributed by atoms with Crippen molar-refractivity contribution in [1.29, 1.82) is 0 Å². The molecule has 6 heteroatoms. The molecule has 1 saturated heterocycles. The maximum atomic E-state index is 12.8. The van der Waals surface area contributed by atoms with E-state index in [9.17, 15) is 9.59 Å². The molecule has 196 valence electrons. The number of hydrogen-bond donors (Lipinski definition) is 2. The molecule has 1 aliphatic heterocycles. The van der Waals surface area contributed by atoms with Gasteiger partial charge in [0.1, 0.15) is 11.4 Å². The molecule has 3 fully saturated rings. The first-order chi connectivity index (χ1) is 17.6. The number of rotatable bonds is 12. The van der Waals surface area contributed by atoms with Gasteiger partial charge in [0.05, 0.1) is 6.10 Å². The Kier molecular flexibility index (Phi) is 8.43. The smallest absolute Gasteiger partial charge is 0.253 e. The van der Waals surface area contributed by atoms with Gasteiger partial charge in [-0.15, -0.1) is 0 Å². The monoisotopic (exact) mass is 493 g/mol. The fourth-order valence-electron chi connectivity index (χ4n) is 6.43. The highest BCUT2D eigenvalue weighted by atomic mass is 16.5. The zero-order chi connectivity index (χ0) is 24.9. The molecule has 0 spiro atoms. The van der Waals surface area contributed by atoms with Crippen molar-refractivity contribution in [1.82, 2.24) is 0 Å². The molecule has 3 atom stereocenters. The van der Waals surface area contributed by atoms with Crippen LogP contribution < -0.4 is 26.8 Å². The summed E-state index contributed by atoms with van der Waals surface area (Å²) in [6.07, 6.45) is 13.2. The number of benzene rings is 1. The Hall–Kier alpha value is -2.18. The summed E-state index contributed by atoms with van der Waals surface area (Å²) in [5.74, 6) is 1.78. The summed E-state index contributed by atoms with van der Waals surface area (Å²) in [5, 5.41) is 3.42. The number of hydrogen-bond acceptors (Lipinski definition) is 6. The fraction of sp³-hybridized carbons (Fsp3) is 0.667. The first-order valence-corrected chi connectivity index (χ1v) is 14.4. The maximum Gasteiger partial charge on any atom is 0.253 e. The number of ether oxygens (including phenoxy) is 1. The molecule has 0 radical (unpaired) electrons. The average Bonchev–Trinajstić information content (AvgIpc) is 3.75.